The third-order valence-electron chi connectivity index (χ3n) is 3.84. The van der Waals surface area contributed by atoms with Gasteiger partial charge in [-0.05, 0) is 42.3 Å². The lowest BCUT2D eigenvalue weighted by Gasteiger charge is -2.12. The molecule has 2 aromatic carbocycles. The van der Waals surface area contributed by atoms with E-state index in [9.17, 15) is 0 Å². The van der Waals surface area contributed by atoms with Gasteiger partial charge in [0.15, 0.2) is 5.96 Å². The molecule has 0 bridgehead atoms. The summed E-state index contributed by atoms with van der Waals surface area (Å²) in [5, 5.41) is 6.62. The summed E-state index contributed by atoms with van der Waals surface area (Å²) < 4.78 is 15.8. The van der Waals surface area contributed by atoms with Crippen LogP contribution in [0.25, 0.3) is 0 Å². The smallest absolute Gasteiger partial charge is 0.191 e. The number of methoxy groups -OCH3 is 2. The van der Waals surface area contributed by atoms with Gasteiger partial charge in [0.1, 0.15) is 18.1 Å². The first-order valence-corrected chi connectivity index (χ1v) is 9.11. The van der Waals surface area contributed by atoms with Crippen molar-refractivity contribution in [3.8, 4) is 11.5 Å². The maximum Gasteiger partial charge on any atom is 0.191 e. The zero-order valence-corrected chi connectivity index (χ0v) is 19.1. The average molecular weight is 499 g/mol. The minimum absolute atomic E-state index is 0. The normalized spacial score (nSPS) is 10.8. The van der Waals surface area contributed by atoms with E-state index >= 15 is 0 Å². The maximum atomic E-state index is 5.58. The van der Waals surface area contributed by atoms with Gasteiger partial charge in [0.2, 0.25) is 0 Å². The van der Waals surface area contributed by atoms with Gasteiger partial charge in [0, 0.05) is 20.2 Å². The number of nitrogens with one attached hydrogen (secondary N) is 2. The van der Waals surface area contributed by atoms with Crippen molar-refractivity contribution in [3.63, 3.8) is 0 Å². The molecule has 2 rings (SSSR count). The van der Waals surface area contributed by atoms with Crippen LogP contribution in [0.2, 0.25) is 0 Å². The summed E-state index contributed by atoms with van der Waals surface area (Å²) in [6, 6.07) is 16.0. The molecule has 28 heavy (non-hydrogen) atoms. The topological polar surface area (TPSA) is 64.1 Å². The van der Waals surface area contributed by atoms with Crippen LogP contribution in [0.1, 0.15) is 18.1 Å². The van der Waals surface area contributed by atoms with Crippen molar-refractivity contribution in [1.29, 1.82) is 0 Å². The lowest BCUT2D eigenvalue weighted by atomic mass is 10.2. The van der Waals surface area contributed by atoms with E-state index in [2.05, 4.69) is 22.5 Å². The quantitative estimate of drug-likeness (QED) is 0.227. The molecule has 0 unspecified atom stereocenters. The van der Waals surface area contributed by atoms with E-state index in [0.717, 1.165) is 35.1 Å². The second kappa shape index (κ2) is 14.1. The fourth-order valence-corrected chi connectivity index (χ4v) is 2.42. The Kier molecular flexibility index (Phi) is 12.1. The first-order chi connectivity index (χ1) is 13.2. The van der Waals surface area contributed by atoms with E-state index < -0.39 is 0 Å². The molecular formula is C21H30IN3O3. The van der Waals surface area contributed by atoms with Gasteiger partial charge >= 0.3 is 0 Å². The fourth-order valence-electron chi connectivity index (χ4n) is 2.42. The molecule has 0 amide bonds. The Balaban J connectivity index is 0.00000392. The molecule has 0 saturated carbocycles. The predicted molar refractivity (Wildman–Crippen MR) is 124 cm³/mol. The SMILES string of the molecule is CCNC(=NCc1cccc(OC)c1)NCc1ccc(OCCOC)cc1.I. The van der Waals surface area contributed by atoms with Gasteiger partial charge in [-0.3, -0.25) is 0 Å². The second-order valence-electron chi connectivity index (χ2n) is 5.89. The molecule has 0 fully saturated rings. The Hall–Kier alpha value is -2.00. The molecule has 2 aromatic rings. The molecule has 6 nitrogen and oxygen atoms in total. The van der Waals surface area contributed by atoms with Crippen molar-refractivity contribution in [3.05, 3.63) is 59.7 Å². The molecule has 2 N–H and O–H groups in total. The standard InChI is InChI=1S/C21H29N3O3.HI/c1-4-22-21(24-16-18-6-5-7-20(14-18)26-3)23-15-17-8-10-19(11-9-17)27-13-12-25-2;/h5-11,14H,4,12-13,15-16H2,1-3H3,(H2,22,23,24);1H. The van der Waals surface area contributed by atoms with Crippen molar-refractivity contribution in [2.24, 2.45) is 4.99 Å². The van der Waals surface area contributed by atoms with Crippen LogP contribution in [0.3, 0.4) is 0 Å². The number of aliphatic imine (C=N–C) groups is 1. The summed E-state index contributed by atoms with van der Waals surface area (Å²) in [7, 11) is 3.33. The van der Waals surface area contributed by atoms with Crippen molar-refractivity contribution in [2.45, 2.75) is 20.0 Å². The van der Waals surface area contributed by atoms with Gasteiger partial charge in [0.25, 0.3) is 0 Å². The van der Waals surface area contributed by atoms with Crippen molar-refractivity contribution < 1.29 is 14.2 Å². The van der Waals surface area contributed by atoms with Crippen LogP contribution in [-0.4, -0.2) is 39.9 Å². The van der Waals surface area contributed by atoms with Crippen molar-refractivity contribution >= 4 is 29.9 Å². The Morgan fingerprint density at radius 1 is 0.929 bits per heavy atom. The predicted octanol–water partition coefficient (Wildman–Crippen LogP) is 3.59. The number of hydrogen-bond acceptors (Lipinski definition) is 4. The van der Waals surface area contributed by atoms with Gasteiger partial charge in [-0.1, -0.05) is 24.3 Å². The summed E-state index contributed by atoms with van der Waals surface area (Å²) in [5.41, 5.74) is 2.25. The molecule has 0 aliphatic carbocycles. The Labute approximate surface area is 184 Å². The van der Waals surface area contributed by atoms with Gasteiger partial charge in [0.05, 0.1) is 20.3 Å². The van der Waals surface area contributed by atoms with Crippen LogP contribution < -0.4 is 20.1 Å². The first kappa shape index (κ1) is 24.0. The largest absolute Gasteiger partial charge is 0.497 e. The highest BCUT2D eigenvalue weighted by atomic mass is 127. The molecular weight excluding hydrogens is 469 g/mol. The van der Waals surface area contributed by atoms with E-state index in [0.29, 0.717) is 26.3 Å². The third-order valence-corrected chi connectivity index (χ3v) is 3.84. The monoisotopic (exact) mass is 499 g/mol. The van der Waals surface area contributed by atoms with Crippen LogP contribution >= 0.6 is 24.0 Å². The van der Waals surface area contributed by atoms with Gasteiger partial charge in [-0.25, -0.2) is 4.99 Å². The minimum Gasteiger partial charge on any atom is -0.497 e. The number of guanidine groups is 1. The first-order valence-electron chi connectivity index (χ1n) is 9.11. The number of ether oxygens (including phenoxy) is 3. The van der Waals surface area contributed by atoms with Crippen LogP contribution in [0.4, 0.5) is 0 Å². The summed E-state index contributed by atoms with van der Waals surface area (Å²) in [5.74, 6) is 2.46. The number of rotatable bonds is 10. The molecule has 0 heterocycles. The molecule has 154 valence electrons. The molecule has 0 radical (unpaired) electrons. The summed E-state index contributed by atoms with van der Waals surface area (Å²) in [6.45, 7) is 5.25. The van der Waals surface area contributed by atoms with Gasteiger partial charge in [-0.15, -0.1) is 24.0 Å². The third kappa shape index (κ3) is 8.79. The molecule has 0 spiro atoms. The zero-order valence-electron chi connectivity index (χ0n) is 16.7. The summed E-state index contributed by atoms with van der Waals surface area (Å²) in [4.78, 5) is 4.64. The highest BCUT2D eigenvalue weighted by Gasteiger charge is 2.01. The molecule has 0 saturated heterocycles. The van der Waals surface area contributed by atoms with Crippen molar-refractivity contribution in [2.75, 3.05) is 34.0 Å². The van der Waals surface area contributed by atoms with E-state index in [1.807, 2.05) is 48.5 Å². The number of nitrogens with zero attached hydrogens (tertiary/aromatic N) is 1. The summed E-state index contributed by atoms with van der Waals surface area (Å²) in [6.07, 6.45) is 0. The molecule has 0 atom stereocenters. The van der Waals surface area contributed by atoms with Crippen LogP contribution in [0.15, 0.2) is 53.5 Å². The van der Waals surface area contributed by atoms with Gasteiger partial charge in [-0.2, -0.15) is 0 Å². The van der Waals surface area contributed by atoms with Crippen LogP contribution in [0, 0.1) is 0 Å². The number of hydrogen-bond donors (Lipinski definition) is 2. The lowest BCUT2D eigenvalue weighted by Crippen LogP contribution is -2.36. The van der Waals surface area contributed by atoms with Gasteiger partial charge < -0.3 is 24.8 Å². The second-order valence-corrected chi connectivity index (χ2v) is 5.89. The van der Waals surface area contributed by atoms with E-state index in [1.54, 1.807) is 14.2 Å². The van der Waals surface area contributed by atoms with E-state index in [-0.39, 0.29) is 24.0 Å². The lowest BCUT2D eigenvalue weighted by molar-refractivity contribution is 0.146. The molecule has 0 aliphatic rings. The fraction of sp³-hybridized carbons (Fsp3) is 0.381. The van der Waals surface area contributed by atoms with Crippen LogP contribution in [0.5, 0.6) is 11.5 Å². The van der Waals surface area contributed by atoms with Crippen LogP contribution in [-0.2, 0) is 17.8 Å². The highest BCUT2D eigenvalue weighted by Crippen LogP contribution is 2.13. The van der Waals surface area contributed by atoms with Crippen molar-refractivity contribution in [1.82, 2.24) is 10.6 Å². The highest BCUT2D eigenvalue weighted by molar-refractivity contribution is 14.0. The Morgan fingerprint density at radius 2 is 1.71 bits per heavy atom. The van der Waals surface area contributed by atoms with E-state index in [4.69, 9.17) is 14.2 Å². The molecule has 0 aliphatic heterocycles. The number of benzene rings is 2. The minimum atomic E-state index is 0. The molecule has 0 aromatic heterocycles. The summed E-state index contributed by atoms with van der Waals surface area (Å²) >= 11 is 0. The average Bonchev–Trinajstić information content (AvgIpc) is 2.71. The zero-order chi connectivity index (χ0) is 19.3. The Bertz CT molecular complexity index is 708. The van der Waals surface area contributed by atoms with E-state index in [1.165, 1.54) is 0 Å². The maximum absolute atomic E-state index is 5.58. The number of halogens is 1. The Morgan fingerprint density at radius 3 is 2.39 bits per heavy atom. The molecule has 7 heteroatoms.